The first kappa shape index (κ1) is 12.0. The molecule has 1 amide bonds. The zero-order chi connectivity index (χ0) is 13.4. The van der Waals surface area contributed by atoms with E-state index >= 15 is 0 Å². The molecule has 0 bridgehead atoms. The minimum atomic E-state index is -0.948. The maximum Gasteiger partial charge on any atom is 0.337 e. The van der Waals surface area contributed by atoms with E-state index in [9.17, 15) is 14.7 Å². The van der Waals surface area contributed by atoms with Gasteiger partial charge in [0.2, 0.25) is 5.91 Å². The van der Waals surface area contributed by atoms with Crippen molar-refractivity contribution in [3.8, 4) is 0 Å². The summed E-state index contributed by atoms with van der Waals surface area (Å²) in [5.74, 6) is -0.965. The van der Waals surface area contributed by atoms with E-state index in [1.807, 2.05) is 4.90 Å². The molecule has 0 aliphatic carbocycles. The van der Waals surface area contributed by atoms with E-state index in [4.69, 9.17) is 0 Å². The van der Waals surface area contributed by atoms with Crippen LogP contribution in [0.4, 0.5) is 11.4 Å². The van der Waals surface area contributed by atoms with Gasteiger partial charge in [-0.3, -0.25) is 4.79 Å². The molecular weight excluding hydrogens is 244 g/mol. The van der Waals surface area contributed by atoms with Crippen molar-refractivity contribution in [2.75, 3.05) is 16.8 Å². The smallest absolute Gasteiger partial charge is 0.337 e. The highest BCUT2D eigenvalue weighted by Gasteiger charge is 2.35. The molecule has 1 fully saturated rings. The van der Waals surface area contributed by atoms with Gasteiger partial charge >= 0.3 is 5.97 Å². The Hall–Kier alpha value is -2.04. The highest BCUT2D eigenvalue weighted by atomic mass is 16.4. The van der Waals surface area contributed by atoms with Gasteiger partial charge in [0.05, 0.1) is 16.9 Å². The van der Waals surface area contributed by atoms with Gasteiger partial charge < -0.3 is 15.3 Å². The second kappa shape index (κ2) is 4.57. The Balaban J connectivity index is 2.13. The van der Waals surface area contributed by atoms with Gasteiger partial charge in [0, 0.05) is 6.54 Å². The molecule has 1 aromatic rings. The predicted octanol–water partition coefficient (Wildman–Crippen LogP) is 2.09. The molecule has 1 aromatic carbocycles. The van der Waals surface area contributed by atoms with Crippen LogP contribution in [-0.2, 0) is 4.79 Å². The molecule has 5 nitrogen and oxygen atoms in total. The van der Waals surface area contributed by atoms with Gasteiger partial charge in [-0.1, -0.05) is 18.9 Å². The van der Waals surface area contributed by atoms with E-state index in [0.717, 1.165) is 32.2 Å². The lowest BCUT2D eigenvalue weighted by Crippen LogP contribution is -2.48. The number of rotatable bonds is 1. The van der Waals surface area contributed by atoms with Gasteiger partial charge in [0.15, 0.2) is 0 Å². The van der Waals surface area contributed by atoms with E-state index in [2.05, 4.69) is 5.32 Å². The third-order valence-electron chi connectivity index (χ3n) is 3.87. The fourth-order valence-corrected chi connectivity index (χ4v) is 2.99. The van der Waals surface area contributed by atoms with Crippen LogP contribution in [-0.4, -0.2) is 29.6 Å². The topological polar surface area (TPSA) is 69.6 Å². The number of anilines is 2. The third-order valence-corrected chi connectivity index (χ3v) is 3.87. The maximum absolute atomic E-state index is 12.1. The molecule has 5 heteroatoms. The van der Waals surface area contributed by atoms with Crippen molar-refractivity contribution in [2.24, 2.45) is 0 Å². The predicted molar refractivity (Wildman–Crippen MR) is 71.6 cm³/mol. The van der Waals surface area contributed by atoms with E-state index in [1.54, 1.807) is 18.2 Å². The van der Waals surface area contributed by atoms with Crippen LogP contribution in [0.1, 0.15) is 36.0 Å². The number of nitrogens with one attached hydrogen (secondary N) is 1. The van der Waals surface area contributed by atoms with Gasteiger partial charge in [-0.15, -0.1) is 0 Å². The molecule has 2 aliphatic rings. The number of fused-ring (bicyclic) bond motifs is 3. The van der Waals surface area contributed by atoms with Crippen molar-refractivity contribution in [3.05, 3.63) is 23.8 Å². The molecule has 100 valence electrons. The minimum Gasteiger partial charge on any atom is -0.478 e. The molecule has 0 saturated carbocycles. The van der Waals surface area contributed by atoms with Crippen molar-refractivity contribution in [2.45, 2.75) is 31.7 Å². The molecule has 2 heterocycles. The standard InChI is InChI=1S/C14H16N2O3/c17-13-11-7-2-1-3-8-16(11)12-9(14(18)19)5-4-6-10(12)15-13/h4-6,11H,1-3,7-8H2,(H,15,17)(H,18,19). The fraction of sp³-hybridized carbons (Fsp3) is 0.429. The van der Waals surface area contributed by atoms with Gasteiger partial charge in [0.1, 0.15) is 6.04 Å². The molecule has 1 saturated heterocycles. The molecule has 2 aliphatic heterocycles. The number of nitrogens with zero attached hydrogens (tertiary/aromatic N) is 1. The summed E-state index contributed by atoms with van der Waals surface area (Å²) < 4.78 is 0. The van der Waals surface area contributed by atoms with Crippen LogP contribution >= 0.6 is 0 Å². The monoisotopic (exact) mass is 260 g/mol. The van der Waals surface area contributed by atoms with E-state index in [-0.39, 0.29) is 17.5 Å². The van der Waals surface area contributed by atoms with Crippen molar-refractivity contribution in [1.82, 2.24) is 0 Å². The highest BCUT2D eigenvalue weighted by molar-refractivity contribution is 6.08. The third kappa shape index (κ3) is 1.95. The van der Waals surface area contributed by atoms with Crippen LogP contribution in [0.2, 0.25) is 0 Å². The van der Waals surface area contributed by atoms with Crippen LogP contribution in [0.25, 0.3) is 0 Å². The van der Waals surface area contributed by atoms with Gasteiger partial charge in [-0.2, -0.15) is 0 Å². The van der Waals surface area contributed by atoms with Crippen molar-refractivity contribution >= 4 is 23.3 Å². The first-order chi connectivity index (χ1) is 9.18. The molecule has 0 aromatic heterocycles. The molecule has 0 spiro atoms. The Morgan fingerprint density at radius 3 is 2.95 bits per heavy atom. The first-order valence-corrected chi connectivity index (χ1v) is 6.62. The van der Waals surface area contributed by atoms with Gasteiger partial charge in [-0.25, -0.2) is 4.79 Å². The fourth-order valence-electron chi connectivity index (χ4n) is 2.99. The van der Waals surface area contributed by atoms with Crippen LogP contribution in [0.15, 0.2) is 18.2 Å². The molecule has 19 heavy (non-hydrogen) atoms. The van der Waals surface area contributed by atoms with E-state index in [1.165, 1.54) is 0 Å². The van der Waals surface area contributed by atoms with Crippen LogP contribution < -0.4 is 10.2 Å². The number of carboxylic acids is 1. The molecular formula is C14H16N2O3. The molecule has 1 atom stereocenters. The summed E-state index contributed by atoms with van der Waals surface area (Å²) in [6.07, 6.45) is 3.89. The first-order valence-electron chi connectivity index (χ1n) is 6.62. The van der Waals surface area contributed by atoms with Crippen LogP contribution in [0, 0.1) is 0 Å². The molecule has 0 radical (unpaired) electrons. The van der Waals surface area contributed by atoms with E-state index in [0.29, 0.717) is 11.4 Å². The Morgan fingerprint density at radius 1 is 1.32 bits per heavy atom. The number of carboxylic acid groups (broad SMARTS) is 1. The van der Waals surface area contributed by atoms with Crippen LogP contribution in [0.3, 0.4) is 0 Å². The molecule has 3 rings (SSSR count). The Morgan fingerprint density at radius 2 is 2.16 bits per heavy atom. The summed E-state index contributed by atoms with van der Waals surface area (Å²) in [4.78, 5) is 25.5. The Labute approximate surface area is 111 Å². The average molecular weight is 260 g/mol. The summed E-state index contributed by atoms with van der Waals surface area (Å²) in [5, 5.41) is 12.2. The summed E-state index contributed by atoms with van der Waals surface area (Å²) >= 11 is 0. The largest absolute Gasteiger partial charge is 0.478 e. The quantitative estimate of drug-likeness (QED) is 0.811. The van der Waals surface area contributed by atoms with Gasteiger partial charge in [0.25, 0.3) is 0 Å². The molecule has 2 N–H and O–H groups in total. The number of carbonyl (C=O) groups excluding carboxylic acids is 1. The number of benzene rings is 1. The lowest BCUT2D eigenvalue weighted by atomic mass is 10.0. The number of para-hydroxylation sites is 1. The zero-order valence-electron chi connectivity index (χ0n) is 10.6. The number of carbonyl (C=O) groups is 2. The minimum absolute atomic E-state index is 0.0167. The summed E-state index contributed by atoms with van der Waals surface area (Å²) in [6, 6.07) is 4.80. The number of aromatic carboxylic acids is 1. The lowest BCUT2D eigenvalue weighted by molar-refractivity contribution is -0.117. The van der Waals surface area contributed by atoms with E-state index < -0.39 is 5.97 Å². The SMILES string of the molecule is O=C(O)c1cccc2c1N1CCCCCC1C(=O)N2. The van der Waals surface area contributed by atoms with Crippen molar-refractivity contribution < 1.29 is 14.7 Å². The summed E-state index contributed by atoms with van der Waals surface area (Å²) in [6.45, 7) is 0.745. The van der Waals surface area contributed by atoms with Gasteiger partial charge in [-0.05, 0) is 25.0 Å². The lowest BCUT2D eigenvalue weighted by Gasteiger charge is -2.37. The van der Waals surface area contributed by atoms with Crippen LogP contribution in [0.5, 0.6) is 0 Å². The Kier molecular flexibility index (Phi) is 2.89. The number of amides is 1. The van der Waals surface area contributed by atoms with Crippen molar-refractivity contribution in [1.29, 1.82) is 0 Å². The second-order valence-corrected chi connectivity index (χ2v) is 5.05. The number of hydrogen-bond acceptors (Lipinski definition) is 3. The maximum atomic E-state index is 12.1. The molecule has 1 unspecified atom stereocenters. The zero-order valence-corrected chi connectivity index (χ0v) is 10.6. The second-order valence-electron chi connectivity index (χ2n) is 5.05. The number of hydrogen-bond donors (Lipinski definition) is 2. The summed E-state index contributed by atoms with van der Waals surface area (Å²) in [5.41, 5.74) is 1.55. The highest BCUT2D eigenvalue weighted by Crippen LogP contribution is 2.38. The average Bonchev–Trinajstić information content (AvgIpc) is 2.64. The normalized spacial score (nSPS) is 22.0. The summed E-state index contributed by atoms with van der Waals surface area (Å²) in [7, 11) is 0. The van der Waals surface area contributed by atoms with Crippen molar-refractivity contribution in [3.63, 3.8) is 0 Å². The Bertz CT molecular complexity index is 541.